The first kappa shape index (κ1) is 18.2. The Morgan fingerprint density at radius 3 is 2.75 bits per heavy atom. The number of aromatic amines is 1. The molecule has 3 aromatic rings. The molecule has 28 heavy (non-hydrogen) atoms. The molecule has 1 fully saturated rings. The van der Waals surface area contributed by atoms with Crippen LogP contribution in [-0.2, 0) is 4.79 Å². The Morgan fingerprint density at radius 1 is 1.18 bits per heavy atom. The van der Waals surface area contributed by atoms with E-state index in [1.54, 1.807) is 18.3 Å². The topological polar surface area (TPSA) is 58.2 Å². The Kier molecular flexibility index (Phi) is 5.37. The molecule has 4 rings (SSSR count). The van der Waals surface area contributed by atoms with Crippen molar-refractivity contribution in [2.75, 3.05) is 13.2 Å². The molecule has 2 heterocycles. The van der Waals surface area contributed by atoms with Crippen LogP contribution in [0.4, 0.5) is 4.39 Å². The molecule has 1 saturated heterocycles. The Labute approximate surface area is 163 Å². The zero-order valence-electron chi connectivity index (χ0n) is 15.5. The number of carbonyl (C=O) groups excluding carboxylic acids is 1. The molecular weight excluding hydrogens is 357 g/mol. The number of rotatable bonds is 6. The summed E-state index contributed by atoms with van der Waals surface area (Å²) in [6, 6.07) is 15.8. The van der Waals surface area contributed by atoms with Gasteiger partial charge in [0.15, 0.2) is 0 Å². The Bertz CT molecular complexity index is 924. The van der Waals surface area contributed by atoms with Crippen molar-refractivity contribution in [3.05, 3.63) is 72.3 Å². The standard InChI is InChI=1S/C22H22FN3O2/c23-17-10-8-16(9-11-17)19-15-24-25-22(19)20-7-4-13-26(20)21(27)12-14-28-18-5-2-1-3-6-18/h1-3,5-6,8-11,15,20H,4,7,12-14H2,(H,24,25). The second-order valence-corrected chi connectivity index (χ2v) is 6.86. The Hall–Kier alpha value is -3.15. The summed E-state index contributed by atoms with van der Waals surface area (Å²) in [5.41, 5.74) is 2.70. The number of carbonyl (C=O) groups is 1. The molecule has 2 aromatic carbocycles. The first-order chi connectivity index (χ1) is 13.7. The SMILES string of the molecule is O=C(CCOc1ccccc1)N1CCCC1c1[nH]ncc1-c1ccc(F)cc1. The number of aromatic nitrogens is 2. The van der Waals surface area contributed by atoms with Crippen LogP contribution in [0.25, 0.3) is 11.1 Å². The quantitative estimate of drug-likeness (QED) is 0.693. The van der Waals surface area contributed by atoms with Crippen molar-refractivity contribution in [3.63, 3.8) is 0 Å². The molecule has 0 aliphatic carbocycles. The lowest BCUT2D eigenvalue weighted by Crippen LogP contribution is -2.32. The van der Waals surface area contributed by atoms with Crippen molar-refractivity contribution < 1.29 is 13.9 Å². The summed E-state index contributed by atoms with van der Waals surface area (Å²) in [6.45, 7) is 1.07. The fraction of sp³-hybridized carbons (Fsp3) is 0.273. The molecule has 1 unspecified atom stereocenters. The number of benzene rings is 2. The maximum Gasteiger partial charge on any atom is 0.226 e. The van der Waals surface area contributed by atoms with Crippen LogP contribution >= 0.6 is 0 Å². The average molecular weight is 379 g/mol. The van der Waals surface area contributed by atoms with E-state index in [1.165, 1.54) is 12.1 Å². The van der Waals surface area contributed by atoms with E-state index in [-0.39, 0.29) is 17.8 Å². The van der Waals surface area contributed by atoms with E-state index in [9.17, 15) is 9.18 Å². The maximum atomic E-state index is 13.3. The van der Waals surface area contributed by atoms with Gasteiger partial charge in [0.1, 0.15) is 11.6 Å². The number of halogens is 1. The number of hydrogen-bond acceptors (Lipinski definition) is 3. The number of amides is 1. The third kappa shape index (κ3) is 3.91. The van der Waals surface area contributed by atoms with Gasteiger partial charge in [-0.05, 0) is 42.7 Å². The van der Waals surface area contributed by atoms with Gasteiger partial charge in [0.2, 0.25) is 5.91 Å². The first-order valence-corrected chi connectivity index (χ1v) is 9.49. The Balaban J connectivity index is 1.44. The summed E-state index contributed by atoms with van der Waals surface area (Å²) in [5.74, 6) is 0.559. The van der Waals surface area contributed by atoms with Crippen molar-refractivity contribution in [1.82, 2.24) is 15.1 Å². The fourth-order valence-electron chi connectivity index (χ4n) is 3.69. The monoisotopic (exact) mass is 379 g/mol. The zero-order chi connectivity index (χ0) is 19.3. The van der Waals surface area contributed by atoms with E-state index in [0.717, 1.165) is 42.0 Å². The van der Waals surface area contributed by atoms with Crippen molar-refractivity contribution in [2.45, 2.75) is 25.3 Å². The van der Waals surface area contributed by atoms with Crippen LogP contribution in [0.5, 0.6) is 5.75 Å². The molecule has 0 bridgehead atoms. The second kappa shape index (κ2) is 8.25. The summed E-state index contributed by atoms with van der Waals surface area (Å²) in [4.78, 5) is 14.7. The van der Waals surface area contributed by atoms with Gasteiger partial charge in [-0.15, -0.1) is 0 Å². The van der Waals surface area contributed by atoms with E-state index in [4.69, 9.17) is 4.74 Å². The van der Waals surface area contributed by atoms with Crippen molar-refractivity contribution in [2.24, 2.45) is 0 Å². The van der Waals surface area contributed by atoms with E-state index in [2.05, 4.69) is 10.2 Å². The maximum absolute atomic E-state index is 13.3. The number of hydrogen-bond donors (Lipinski definition) is 1. The van der Waals surface area contributed by atoms with Gasteiger partial charge in [0.05, 0.1) is 31.0 Å². The van der Waals surface area contributed by atoms with Crippen LogP contribution in [0.15, 0.2) is 60.8 Å². The van der Waals surface area contributed by atoms with Crippen LogP contribution in [0.3, 0.4) is 0 Å². The zero-order valence-corrected chi connectivity index (χ0v) is 15.5. The smallest absolute Gasteiger partial charge is 0.226 e. The molecule has 1 N–H and O–H groups in total. The molecule has 144 valence electrons. The van der Waals surface area contributed by atoms with E-state index >= 15 is 0 Å². The largest absolute Gasteiger partial charge is 0.493 e. The normalized spacial score (nSPS) is 16.3. The van der Waals surface area contributed by atoms with Gasteiger partial charge < -0.3 is 9.64 Å². The summed E-state index contributed by atoms with van der Waals surface area (Å²) >= 11 is 0. The third-order valence-electron chi connectivity index (χ3n) is 5.06. The predicted octanol–water partition coefficient (Wildman–Crippen LogP) is 4.35. The molecular formula is C22H22FN3O2. The minimum atomic E-state index is -0.273. The lowest BCUT2D eigenvalue weighted by atomic mass is 10.0. The van der Waals surface area contributed by atoms with Crippen molar-refractivity contribution in [1.29, 1.82) is 0 Å². The molecule has 1 amide bonds. The van der Waals surface area contributed by atoms with E-state index in [1.807, 2.05) is 35.2 Å². The van der Waals surface area contributed by atoms with Gasteiger partial charge in [-0.1, -0.05) is 30.3 Å². The Morgan fingerprint density at radius 2 is 1.96 bits per heavy atom. The number of likely N-dealkylation sites (tertiary alicyclic amines) is 1. The molecule has 1 aromatic heterocycles. The molecule has 1 aliphatic rings. The van der Waals surface area contributed by atoms with Gasteiger partial charge >= 0.3 is 0 Å². The highest BCUT2D eigenvalue weighted by atomic mass is 19.1. The highest BCUT2D eigenvalue weighted by Gasteiger charge is 2.32. The van der Waals surface area contributed by atoms with Crippen molar-refractivity contribution >= 4 is 5.91 Å². The first-order valence-electron chi connectivity index (χ1n) is 9.49. The summed E-state index contributed by atoms with van der Waals surface area (Å²) in [7, 11) is 0. The van der Waals surface area contributed by atoms with E-state index < -0.39 is 0 Å². The summed E-state index contributed by atoms with van der Waals surface area (Å²) < 4.78 is 18.9. The number of nitrogens with zero attached hydrogens (tertiary/aromatic N) is 2. The predicted molar refractivity (Wildman–Crippen MR) is 104 cm³/mol. The summed E-state index contributed by atoms with van der Waals surface area (Å²) in [5, 5.41) is 7.24. The highest BCUT2D eigenvalue weighted by Crippen LogP contribution is 2.36. The lowest BCUT2D eigenvalue weighted by molar-refractivity contribution is -0.132. The number of H-pyrrole nitrogens is 1. The molecule has 5 nitrogen and oxygen atoms in total. The van der Waals surface area contributed by atoms with Gasteiger partial charge in [-0.25, -0.2) is 4.39 Å². The molecule has 0 radical (unpaired) electrons. The van der Waals surface area contributed by atoms with Crippen LogP contribution in [-0.4, -0.2) is 34.2 Å². The van der Waals surface area contributed by atoms with Crippen LogP contribution < -0.4 is 4.74 Å². The summed E-state index contributed by atoms with van der Waals surface area (Å²) in [6.07, 6.45) is 3.88. The number of nitrogens with one attached hydrogen (secondary N) is 1. The second-order valence-electron chi connectivity index (χ2n) is 6.86. The number of ether oxygens (including phenoxy) is 1. The minimum absolute atomic E-state index is 0.0493. The molecule has 6 heteroatoms. The molecule has 0 spiro atoms. The fourth-order valence-corrected chi connectivity index (χ4v) is 3.69. The van der Waals surface area contributed by atoms with Gasteiger partial charge in [0, 0.05) is 12.1 Å². The highest BCUT2D eigenvalue weighted by molar-refractivity contribution is 5.78. The van der Waals surface area contributed by atoms with Gasteiger partial charge in [-0.3, -0.25) is 9.89 Å². The number of para-hydroxylation sites is 1. The molecule has 1 aliphatic heterocycles. The van der Waals surface area contributed by atoms with Gasteiger partial charge in [-0.2, -0.15) is 5.10 Å². The van der Waals surface area contributed by atoms with Gasteiger partial charge in [0.25, 0.3) is 0 Å². The van der Waals surface area contributed by atoms with Crippen LogP contribution in [0, 0.1) is 5.82 Å². The molecule has 1 atom stereocenters. The van der Waals surface area contributed by atoms with E-state index in [0.29, 0.717) is 13.0 Å². The minimum Gasteiger partial charge on any atom is -0.493 e. The molecule has 0 saturated carbocycles. The van der Waals surface area contributed by atoms with Crippen LogP contribution in [0.2, 0.25) is 0 Å². The average Bonchev–Trinajstić information content (AvgIpc) is 3.38. The third-order valence-corrected chi connectivity index (χ3v) is 5.06. The van der Waals surface area contributed by atoms with Crippen LogP contribution in [0.1, 0.15) is 31.0 Å². The van der Waals surface area contributed by atoms with Crippen molar-refractivity contribution in [3.8, 4) is 16.9 Å². The lowest BCUT2D eigenvalue weighted by Gasteiger charge is -2.25.